The summed E-state index contributed by atoms with van der Waals surface area (Å²) in [5.41, 5.74) is 1.97. The van der Waals surface area contributed by atoms with E-state index in [1.54, 1.807) is 112 Å². The van der Waals surface area contributed by atoms with Crippen LogP contribution in [0.15, 0.2) is 47.9 Å². The minimum atomic E-state index is -1.19. The Kier molecular flexibility index (Phi) is 24.4. The molecule has 32 heteroatoms. The first-order valence-electron chi connectivity index (χ1n) is 26.1. The zero-order valence-corrected chi connectivity index (χ0v) is 57.0. The third-order valence-corrected chi connectivity index (χ3v) is 42.7. The first-order chi connectivity index (χ1) is 39.7. The van der Waals surface area contributed by atoms with Crippen LogP contribution in [0.2, 0.25) is 0 Å². The van der Waals surface area contributed by atoms with Crippen molar-refractivity contribution in [2.24, 2.45) is 0 Å². The number of nitrogens with zero attached hydrogens (tertiary/aromatic N) is 2. The predicted octanol–water partition coefficient (Wildman–Crippen LogP) is 5.78. The third-order valence-electron chi connectivity index (χ3n) is 16.1. The van der Waals surface area contributed by atoms with Crippen molar-refractivity contribution in [2.75, 3.05) is 54.0 Å². The van der Waals surface area contributed by atoms with Crippen molar-refractivity contribution in [2.45, 2.75) is 145 Å². The summed E-state index contributed by atoms with van der Waals surface area (Å²) < 4.78 is 49.9. The summed E-state index contributed by atoms with van der Waals surface area (Å²) in [5.74, 6) is 2.05. The maximum atomic E-state index is 13.4. The number of methoxy groups -OCH3 is 2. The van der Waals surface area contributed by atoms with E-state index >= 15 is 0 Å². The lowest BCUT2D eigenvalue weighted by atomic mass is 9.77. The van der Waals surface area contributed by atoms with E-state index in [0.29, 0.717) is 37.2 Å². The number of hydrogen-bond donors (Lipinski definition) is 2. The number of cyclic esters (lactones) is 2. The van der Waals surface area contributed by atoms with Crippen molar-refractivity contribution in [3.05, 3.63) is 70.2 Å². The van der Waals surface area contributed by atoms with Gasteiger partial charge in [0.2, 0.25) is 24.8 Å². The largest absolute Gasteiger partial charge is 0.499 e. The zero-order valence-electron chi connectivity index (χ0n) is 44.7. The van der Waals surface area contributed by atoms with E-state index in [1.807, 2.05) is 13.8 Å². The second-order valence-electron chi connectivity index (χ2n) is 20.2. The number of aliphatic hydroxyl groups is 1. The van der Waals surface area contributed by atoms with Crippen LogP contribution in [0.25, 0.3) is 0 Å². The maximum Gasteiger partial charge on any atom is 0.351 e. The summed E-state index contributed by atoms with van der Waals surface area (Å²) >= 11 is 9.45. The molecule has 0 amide bonds. The van der Waals surface area contributed by atoms with Gasteiger partial charge in [-0.05, 0) is 123 Å². The summed E-state index contributed by atoms with van der Waals surface area (Å²) in [6, 6.07) is 8.32. The number of rotatable bonds is 9. The van der Waals surface area contributed by atoms with Crippen molar-refractivity contribution < 1.29 is 72.0 Å². The molecule has 458 valence electrons. The molecule has 4 fully saturated rings. The molecule has 2 spiro atoms. The van der Waals surface area contributed by atoms with Crippen molar-refractivity contribution >= 4 is 162 Å². The number of carboxylic acid groups (broad SMARTS) is 1. The summed E-state index contributed by atoms with van der Waals surface area (Å²) in [6.07, 6.45) is 11.6. The molecule has 0 bridgehead atoms. The zero-order chi connectivity index (χ0) is 58.1. The van der Waals surface area contributed by atoms with Gasteiger partial charge in [0.05, 0.1) is 44.1 Å². The highest BCUT2D eigenvalue weighted by Gasteiger charge is 2.61. The van der Waals surface area contributed by atoms with Crippen LogP contribution < -0.4 is 18.9 Å². The summed E-state index contributed by atoms with van der Waals surface area (Å²) in [7, 11) is 25.0. The predicted molar refractivity (Wildman–Crippen MR) is 353 cm³/mol. The lowest BCUT2D eigenvalue weighted by Crippen LogP contribution is -2.56. The van der Waals surface area contributed by atoms with Crippen LogP contribution in [0.1, 0.15) is 120 Å². The second-order valence-corrected chi connectivity index (χ2v) is 43.2. The Bertz CT molecular complexity index is 3490. The van der Waals surface area contributed by atoms with Gasteiger partial charge in [0.1, 0.15) is 17.6 Å². The molecule has 83 heavy (non-hydrogen) atoms. The van der Waals surface area contributed by atoms with Gasteiger partial charge in [-0.3, -0.25) is 19.4 Å². The maximum absolute atomic E-state index is 13.4. The third kappa shape index (κ3) is 14.3. The minimum absolute atomic E-state index is 0. The Morgan fingerprint density at radius 2 is 1.04 bits per heavy atom. The Balaban J connectivity index is 0.000000157. The fraction of sp³-hybridized carbons (Fsp3) is 0.608. The van der Waals surface area contributed by atoms with Gasteiger partial charge in [0.15, 0.2) is 29.1 Å². The fourth-order valence-electron chi connectivity index (χ4n) is 12.9. The van der Waals surface area contributed by atoms with Gasteiger partial charge >= 0.3 is 23.9 Å². The summed E-state index contributed by atoms with van der Waals surface area (Å²) in [4.78, 5) is 51.1. The molecular formula is C51H64N2O15S15. The number of benzene rings is 2. The van der Waals surface area contributed by atoms with Gasteiger partial charge < -0.3 is 52.8 Å². The first kappa shape index (κ1) is 66.7. The molecule has 2 aliphatic carbocycles. The van der Waals surface area contributed by atoms with E-state index in [9.17, 15) is 24.3 Å². The van der Waals surface area contributed by atoms with Crippen LogP contribution in [0.3, 0.4) is 0 Å². The molecular weight excluding hydrogens is 1360 g/mol. The Morgan fingerprint density at radius 1 is 0.627 bits per heavy atom. The topological polar surface area (TPSA) is 198 Å². The molecule has 8 heterocycles. The number of carbonyl (C=O) groups excluding carboxylic acids is 3. The lowest BCUT2D eigenvalue weighted by Gasteiger charge is -2.41. The van der Waals surface area contributed by atoms with Crippen LogP contribution in [0.5, 0.6) is 23.0 Å². The van der Waals surface area contributed by atoms with Gasteiger partial charge in [0, 0.05) is 157 Å². The first-order valence-corrected chi connectivity index (χ1v) is 44.8. The molecule has 0 radical (unpaired) electrons. The quantitative estimate of drug-likeness (QED) is 0.226. The molecule has 0 saturated carbocycles. The number of carbonyl (C=O) groups is 4. The van der Waals surface area contributed by atoms with Crippen LogP contribution in [0.4, 0.5) is 0 Å². The monoisotopic (exact) mass is 1420 g/mol. The van der Waals surface area contributed by atoms with E-state index in [1.165, 1.54) is 34.5 Å². The second kappa shape index (κ2) is 30.3. The van der Waals surface area contributed by atoms with Crippen LogP contribution in [-0.4, -0.2) is 132 Å². The highest BCUT2D eigenvalue weighted by Crippen LogP contribution is 2.57. The standard InChI is InChI=1S/C25H29NO7.C18H21NO4.C7H10O4.CH4.S15/c1-3-6-25(13-20(27)33-25)23(28)32-22-19(29-2)12-24-7-4-8-26(24)9-5-15-10-17-18(31-14-30-17)11-16(15)21(22)24;1-21-15-9-18-4-2-5-19(18)6-3-11-7-13-14(23-10-22-13)8-12(11)16(18)17(15)20;1-2-3-7(6(9)10)4-5(8)11-7;;1-3-5-7-9-11-13-15-14-12-10-8-6-4-2/h10-12,21-22H,3-9,13-14H2,1-2H3;7-9,16-17,20H,2-6,10H2,1H3;2-4H2,1H3,(H,9,10);1H4;/t21-,22-,24+,25-;16-,17-,18+;7-;;/m111../s1. The molecule has 2 N–H and O–H groups in total. The van der Waals surface area contributed by atoms with E-state index < -0.39 is 41.3 Å². The SMILES string of the molecule is C.CCC[C@]1(C(=O)O)CC(=O)O1.CCC[C@]1(C(=O)O[C@@H]2C(OC)=C[C@]34CCCN3CCc3cc5c(cc3[C@H]24)OCO5)CC(=O)O1.COC1=C[C@]23CCCN2CCc2cc4c(cc2[C@@H]3[C@@H]1O)OCO4.S=S=S=S=S=S=S=S=S=S=S=S=S=S=S. The van der Waals surface area contributed by atoms with Crippen molar-refractivity contribution in [3.8, 4) is 23.0 Å². The normalized spacial score (nSPS) is 28.1. The number of hydrogen-bond acceptors (Lipinski definition) is 18. The van der Waals surface area contributed by atoms with Gasteiger partial charge in [0.25, 0.3) is 0 Å². The average molecular weight is 1430 g/mol. The van der Waals surface area contributed by atoms with Gasteiger partial charge in [-0.15, -0.1) is 0 Å². The lowest BCUT2D eigenvalue weighted by molar-refractivity contribution is -0.212. The van der Waals surface area contributed by atoms with Gasteiger partial charge in [-0.25, -0.2) is 9.59 Å². The Labute approximate surface area is 529 Å². The summed E-state index contributed by atoms with van der Waals surface area (Å²) in [6.45, 7) is 8.30. The van der Waals surface area contributed by atoms with E-state index in [2.05, 4.69) is 51.0 Å². The molecule has 0 unspecified atom stereocenters. The molecule has 12 rings (SSSR count). The number of aliphatic carboxylic acids is 1. The molecule has 0 aromatic heterocycles. The number of esters is 3. The van der Waals surface area contributed by atoms with Crippen molar-refractivity contribution in [1.29, 1.82) is 0 Å². The molecule has 2 aromatic carbocycles. The van der Waals surface area contributed by atoms with Gasteiger partial charge in [-0.2, -0.15) is 0 Å². The van der Waals surface area contributed by atoms with Gasteiger partial charge in [-0.1, -0.05) is 34.1 Å². The van der Waals surface area contributed by atoms with Crippen LogP contribution in [-0.2, 0) is 194 Å². The minimum Gasteiger partial charge on any atom is -0.499 e. The van der Waals surface area contributed by atoms with E-state index in [-0.39, 0.29) is 62.7 Å². The van der Waals surface area contributed by atoms with E-state index in [0.717, 1.165) is 93.3 Å². The fourth-order valence-corrected chi connectivity index (χ4v) is 43.0. The number of ether oxygens (including phenoxy) is 9. The molecule has 10 aliphatic rings. The van der Waals surface area contributed by atoms with E-state index in [4.69, 9.17) is 65.4 Å². The Morgan fingerprint density at radius 3 is 1.47 bits per heavy atom. The van der Waals surface area contributed by atoms with Crippen LogP contribution in [0, 0.1) is 0 Å². The molecule has 17 nitrogen and oxygen atoms in total. The highest BCUT2D eigenvalue weighted by atomic mass is 33.5. The molecule has 8 atom stereocenters. The highest BCUT2D eigenvalue weighted by molar-refractivity contribution is 8.76. The average Bonchev–Trinajstić information content (AvgIpc) is 4.20. The molecule has 2 aromatic rings. The van der Waals surface area contributed by atoms with Crippen molar-refractivity contribution in [3.63, 3.8) is 0 Å². The molecule has 8 aliphatic heterocycles. The smallest absolute Gasteiger partial charge is 0.351 e. The van der Waals surface area contributed by atoms with Crippen LogP contribution >= 0.6 is 0 Å². The molecule has 4 saturated heterocycles. The summed E-state index contributed by atoms with van der Waals surface area (Å²) in [5, 5.41) is 19.6. The Hall–Kier alpha value is -2.22. The number of carboxylic acids is 1. The van der Waals surface area contributed by atoms with Crippen molar-refractivity contribution in [1.82, 2.24) is 9.80 Å². The number of aliphatic hydroxyl groups excluding tert-OH is 1. The number of fused-ring (bicyclic) bond motifs is 6.